The second-order valence-electron chi connectivity index (χ2n) is 14.3. The van der Waals surface area contributed by atoms with Gasteiger partial charge in [-0.2, -0.15) is 0 Å². The molecule has 0 spiro atoms. The van der Waals surface area contributed by atoms with Gasteiger partial charge in [-0.05, 0) is 58.5 Å². The molecule has 10 aromatic rings. The van der Waals surface area contributed by atoms with E-state index in [-0.39, 0.29) is 5.92 Å². The van der Waals surface area contributed by atoms with Gasteiger partial charge in [-0.1, -0.05) is 158 Å². The summed E-state index contributed by atoms with van der Waals surface area (Å²) in [5.74, 6) is 2.99. The highest BCUT2D eigenvalue weighted by Crippen LogP contribution is 2.43. The lowest BCUT2D eigenvalue weighted by atomic mass is 9.85. The summed E-state index contributed by atoms with van der Waals surface area (Å²) in [5.41, 5.74) is 10.9. The number of rotatable bonds is 6. The van der Waals surface area contributed by atoms with Crippen molar-refractivity contribution in [3.05, 3.63) is 193 Å². The summed E-state index contributed by atoms with van der Waals surface area (Å²) in [7, 11) is 0. The highest BCUT2D eigenvalue weighted by Gasteiger charge is 2.25. The fraction of sp³-hybridized carbons (Fsp3) is 0.0392. The third-order valence-corrected chi connectivity index (χ3v) is 12.2. The molecular weight excluding hydrogens is 703 g/mol. The Morgan fingerprint density at radius 1 is 0.500 bits per heavy atom. The van der Waals surface area contributed by atoms with Gasteiger partial charge in [0.05, 0.1) is 0 Å². The zero-order chi connectivity index (χ0) is 37.0. The van der Waals surface area contributed by atoms with Gasteiger partial charge in [0.25, 0.3) is 0 Å². The van der Waals surface area contributed by atoms with Gasteiger partial charge in [-0.3, -0.25) is 0 Å². The Bertz CT molecular complexity index is 3110. The number of furan rings is 1. The van der Waals surface area contributed by atoms with Crippen molar-refractivity contribution < 1.29 is 4.42 Å². The zero-order valence-corrected chi connectivity index (χ0v) is 31.1. The molecule has 0 saturated heterocycles. The van der Waals surface area contributed by atoms with E-state index in [1.54, 1.807) is 0 Å². The van der Waals surface area contributed by atoms with Crippen LogP contribution in [0.1, 0.15) is 22.8 Å². The van der Waals surface area contributed by atoms with Crippen LogP contribution < -0.4 is 0 Å². The van der Waals surface area contributed by atoms with E-state index < -0.39 is 0 Å². The van der Waals surface area contributed by atoms with Crippen LogP contribution in [0, 0.1) is 0 Å². The van der Waals surface area contributed by atoms with Crippen molar-refractivity contribution in [2.45, 2.75) is 12.3 Å². The standard InChI is InChI=1S/C51H33N3OS/c1-3-12-32(13-4-1)33-24-26-34(27-25-33)36-28-29-44-43(31-36)47-42(21-11-22-45(47)55-44)51-53-49(35-14-5-2-6-15-35)52-50(54-51)38-17-9-16-37(30-38)39-19-10-20-41-40-18-7-8-23-46(40)56-48(39)41/h1-30,36H,31H2. The molecule has 5 heteroatoms. The molecule has 3 heterocycles. The van der Waals surface area contributed by atoms with Gasteiger partial charge in [-0.25, -0.2) is 15.0 Å². The second kappa shape index (κ2) is 13.4. The van der Waals surface area contributed by atoms with Gasteiger partial charge in [0.15, 0.2) is 17.5 Å². The van der Waals surface area contributed by atoms with Gasteiger partial charge >= 0.3 is 0 Å². The van der Waals surface area contributed by atoms with Crippen LogP contribution in [-0.4, -0.2) is 15.0 Å². The molecule has 0 aliphatic heterocycles. The van der Waals surface area contributed by atoms with Crippen LogP contribution in [0.15, 0.2) is 180 Å². The topological polar surface area (TPSA) is 51.8 Å². The lowest BCUT2D eigenvalue weighted by Gasteiger charge is -2.18. The lowest BCUT2D eigenvalue weighted by Crippen LogP contribution is -2.05. The van der Waals surface area contributed by atoms with Crippen LogP contribution in [0.2, 0.25) is 0 Å². The Labute approximate surface area is 328 Å². The Morgan fingerprint density at radius 3 is 1.96 bits per heavy atom. The summed E-state index contributed by atoms with van der Waals surface area (Å²) in [6.45, 7) is 0. The molecule has 1 atom stereocenters. The molecule has 1 aliphatic rings. The summed E-state index contributed by atoms with van der Waals surface area (Å²) < 4.78 is 9.08. The van der Waals surface area contributed by atoms with E-state index in [1.165, 1.54) is 48.0 Å². The molecule has 4 nitrogen and oxygen atoms in total. The van der Waals surface area contributed by atoms with Crippen LogP contribution in [0.5, 0.6) is 0 Å². The first-order chi connectivity index (χ1) is 27.7. The molecule has 0 bridgehead atoms. The first-order valence-corrected chi connectivity index (χ1v) is 19.8. The van der Waals surface area contributed by atoms with E-state index in [0.29, 0.717) is 17.5 Å². The number of allylic oxidation sites excluding steroid dienone is 1. The number of nitrogens with zero attached hydrogens (tertiary/aromatic N) is 3. The average Bonchev–Trinajstić information content (AvgIpc) is 3.85. The Balaban J connectivity index is 1.02. The maximum atomic E-state index is 6.51. The average molecular weight is 736 g/mol. The summed E-state index contributed by atoms with van der Waals surface area (Å²) in [5, 5.41) is 3.62. The molecule has 1 unspecified atom stereocenters. The molecule has 11 rings (SSSR count). The SMILES string of the molecule is C1=CC(c2ccc(-c3ccccc3)cc2)Cc2c1oc1cccc(-c3nc(-c4ccccc4)nc(-c4cccc(-c5cccc6c5sc5ccccc56)c4)n3)c21. The summed E-state index contributed by atoms with van der Waals surface area (Å²) >= 11 is 1.84. The molecule has 0 N–H and O–H groups in total. The van der Waals surface area contributed by atoms with Crippen molar-refractivity contribution in [2.75, 3.05) is 0 Å². The van der Waals surface area contributed by atoms with Crippen molar-refractivity contribution in [3.8, 4) is 56.4 Å². The molecule has 0 amide bonds. The third kappa shape index (κ3) is 5.64. The number of hydrogen-bond acceptors (Lipinski definition) is 5. The minimum Gasteiger partial charge on any atom is -0.456 e. The minimum atomic E-state index is 0.211. The number of benzene rings is 7. The van der Waals surface area contributed by atoms with Crippen molar-refractivity contribution >= 4 is 48.6 Å². The summed E-state index contributed by atoms with van der Waals surface area (Å²) in [6, 6.07) is 59.7. The second-order valence-corrected chi connectivity index (χ2v) is 15.4. The van der Waals surface area contributed by atoms with Crippen molar-refractivity contribution in [2.24, 2.45) is 0 Å². The van der Waals surface area contributed by atoms with E-state index >= 15 is 0 Å². The van der Waals surface area contributed by atoms with E-state index in [4.69, 9.17) is 19.4 Å². The molecule has 0 radical (unpaired) electrons. The Hall–Kier alpha value is -6.95. The number of aromatic nitrogens is 3. The molecule has 0 saturated carbocycles. The number of hydrogen-bond donors (Lipinski definition) is 0. The largest absolute Gasteiger partial charge is 0.456 e. The molecule has 56 heavy (non-hydrogen) atoms. The smallest absolute Gasteiger partial charge is 0.164 e. The molecule has 0 fully saturated rings. The fourth-order valence-corrected chi connectivity index (χ4v) is 9.41. The lowest BCUT2D eigenvalue weighted by molar-refractivity contribution is 0.591. The highest BCUT2D eigenvalue weighted by atomic mass is 32.1. The molecular formula is C51H33N3OS. The zero-order valence-electron chi connectivity index (χ0n) is 30.3. The fourth-order valence-electron chi connectivity index (χ4n) is 8.17. The van der Waals surface area contributed by atoms with E-state index in [2.05, 4.69) is 152 Å². The molecule has 1 aliphatic carbocycles. The maximum Gasteiger partial charge on any atom is 0.164 e. The quantitative estimate of drug-likeness (QED) is 0.171. The monoisotopic (exact) mass is 735 g/mol. The first kappa shape index (κ1) is 32.5. The third-order valence-electron chi connectivity index (χ3n) is 10.9. The maximum absolute atomic E-state index is 6.51. The van der Waals surface area contributed by atoms with Crippen LogP contribution in [0.3, 0.4) is 0 Å². The molecule has 3 aromatic heterocycles. The molecule has 264 valence electrons. The van der Waals surface area contributed by atoms with Gasteiger partial charge in [0.2, 0.25) is 0 Å². The predicted molar refractivity (Wildman–Crippen MR) is 232 cm³/mol. The predicted octanol–water partition coefficient (Wildman–Crippen LogP) is 13.7. The van der Waals surface area contributed by atoms with Gasteiger partial charge in [0, 0.05) is 53.7 Å². The van der Waals surface area contributed by atoms with Crippen molar-refractivity contribution in [1.29, 1.82) is 0 Å². The van der Waals surface area contributed by atoms with Crippen LogP contribution >= 0.6 is 11.3 Å². The van der Waals surface area contributed by atoms with Crippen molar-refractivity contribution in [3.63, 3.8) is 0 Å². The van der Waals surface area contributed by atoms with Crippen LogP contribution in [0.4, 0.5) is 0 Å². The highest BCUT2D eigenvalue weighted by molar-refractivity contribution is 7.26. The van der Waals surface area contributed by atoms with Crippen molar-refractivity contribution in [1.82, 2.24) is 15.0 Å². The van der Waals surface area contributed by atoms with E-state index in [9.17, 15) is 0 Å². The Kier molecular flexibility index (Phi) is 7.78. The minimum absolute atomic E-state index is 0.211. The summed E-state index contributed by atoms with van der Waals surface area (Å²) in [6.07, 6.45) is 5.22. The van der Waals surface area contributed by atoms with Gasteiger partial charge in [-0.15, -0.1) is 11.3 Å². The van der Waals surface area contributed by atoms with Crippen LogP contribution in [-0.2, 0) is 6.42 Å². The summed E-state index contributed by atoms with van der Waals surface area (Å²) in [4.78, 5) is 15.5. The van der Waals surface area contributed by atoms with Gasteiger partial charge < -0.3 is 4.42 Å². The van der Waals surface area contributed by atoms with E-state index in [0.717, 1.165) is 45.4 Å². The van der Waals surface area contributed by atoms with Gasteiger partial charge in [0.1, 0.15) is 11.3 Å². The number of thiophene rings is 1. The Morgan fingerprint density at radius 2 is 1.12 bits per heavy atom. The molecule has 7 aromatic carbocycles. The normalized spacial score (nSPS) is 13.8. The van der Waals surface area contributed by atoms with E-state index in [1.807, 2.05) is 41.7 Å². The first-order valence-electron chi connectivity index (χ1n) is 18.9. The number of fused-ring (bicyclic) bond motifs is 6. The van der Waals surface area contributed by atoms with Crippen LogP contribution in [0.25, 0.3) is 93.6 Å².